The van der Waals surface area contributed by atoms with Crippen molar-refractivity contribution in [1.29, 1.82) is 0 Å². The fourth-order valence-electron chi connectivity index (χ4n) is 4.62. The highest BCUT2D eigenvalue weighted by molar-refractivity contribution is 5.75. The molecule has 32 heavy (non-hydrogen) atoms. The fourth-order valence-corrected chi connectivity index (χ4v) is 4.62. The molecule has 0 N–H and O–H groups in total. The normalized spacial score (nSPS) is 18.4. The Hall–Kier alpha value is -1.06. The number of hydrogen-bond acceptors (Lipinski definition) is 4. The molecule has 1 aliphatic rings. The molecule has 1 fully saturated rings. The van der Waals surface area contributed by atoms with Gasteiger partial charge in [-0.3, -0.25) is 9.59 Å². The lowest BCUT2D eigenvalue weighted by Gasteiger charge is -2.26. The number of unbranched alkanes of at least 4 members (excludes halogenated alkanes) is 14. The first-order chi connectivity index (χ1) is 15.7. The van der Waals surface area contributed by atoms with Crippen molar-refractivity contribution < 1.29 is 19.1 Å². The van der Waals surface area contributed by atoms with Gasteiger partial charge >= 0.3 is 11.9 Å². The second kappa shape index (κ2) is 20.5. The summed E-state index contributed by atoms with van der Waals surface area (Å²) in [6.07, 6.45) is 23.0. The van der Waals surface area contributed by atoms with Crippen LogP contribution in [0.4, 0.5) is 0 Å². The first-order valence-corrected chi connectivity index (χ1v) is 14.0. The van der Waals surface area contributed by atoms with Crippen LogP contribution in [0.3, 0.4) is 0 Å². The van der Waals surface area contributed by atoms with Gasteiger partial charge in [-0.25, -0.2) is 0 Å². The third kappa shape index (κ3) is 14.9. The molecule has 4 nitrogen and oxygen atoms in total. The number of ether oxygens (including phenoxy) is 2. The van der Waals surface area contributed by atoms with Crippen LogP contribution in [0.15, 0.2) is 0 Å². The Kier molecular flexibility index (Phi) is 18.6. The van der Waals surface area contributed by atoms with E-state index in [0.29, 0.717) is 13.2 Å². The highest BCUT2D eigenvalue weighted by Gasteiger charge is 2.31. The average molecular weight is 453 g/mol. The van der Waals surface area contributed by atoms with E-state index in [4.69, 9.17) is 9.47 Å². The van der Waals surface area contributed by atoms with Gasteiger partial charge in [-0.15, -0.1) is 0 Å². The van der Waals surface area contributed by atoms with Crippen molar-refractivity contribution in [3.8, 4) is 0 Å². The minimum absolute atomic E-state index is 0.0270. The molecule has 0 radical (unpaired) electrons. The second-order valence-electron chi connectivity index (χ2n) is 9.83. The topological polar surface area (TPSA) is 52.6 Å². The molecule has 0 heterocycles. The van der Waals surface area contributed by atoms with E-state index in [1.54, 1.807) is 0 Å². The molecule has 0 aromatic heterocycles. The predicted octanol–water partition coefficient (Wildman–Crippen LogP) is 8.16. The van der Waals surface area contributed by atoms with Crippen molar-refractivity contribution in [3.05, 3.63) is 0 Å². The van der Waals surface area contributed by atoms with Crippen LogP contribution in [0.2, 0.25) is 0 Å². The van der Waals surface area contributed by atoms with Crippen LogP contribution in [0.1, 0.15) is 142 Å². The molecule has 0 aromatic rings. The van der Waals surface area contributed by atoms with Crippen molar-refractivity contribution in [2.75, 3.05) is 13.2 Å². The SMILES string of the molecule is CCCCCCCCCCOC(=O)C1CCC(C(=O)OCCCCCCCCCC)CC1. The minimum atomic E-state index is -0.0568. The van der Waals surface area contributed by atoms with E-state index >= 15 is 0 Å². The standard InChI is InChI=1S/C28H52O4/c1-3-5-7-9-11-13-15-17-23-31-27(29)25-19-21-26(22-20-25)28(30)32-24-18-16-14-12-10-8-6-4-2/h25-26H,3-24H2,1-2H3. The number of hydrogen-bond donors (Lipinski definition) is 0. The quantitative estimate of drug-likeness (QED) is 0.138. The molecule has 0 amide bonds. The van der Waals surface area contributed by atoms with Crippen LogP contribution in [-0.2, 0) is 19.1 Å². The van der Waals surface area contributed by atoms with Gasteiger partial charge in [-0.05, 0) is 38.5 Å². The maximum Gasteiger partial charge on any atom is 0.308 e. The molecule has 1 saturated carbocycles. The molecule has 0 aliphatic heterocycles. The molecule has 0 atom stereocenters. The summed E-state index contributed by atoms with van der Waals surface area (Å²) in [5.41, 5.74) is 0. The summed E-state index contributed by atoms with van der Waals surface area (Å²) in [5.74, 6) is -0.168. The molecule has 0 unspecified atom stereocenters. The van der Waals surface area contributed by atoms with Gasteiger partial charge in [0, 0.05) is 0 Å². The van der Waals surface area contributed by atoms with Gasteiger partial charge in [0.25, 0.3) is 0 Å². The van der Waals surface area contributed by atoms with E-state index in [9.17, 15) is 9.59 Å². The second-order valence-corrected chi connectivity index (χ2v) is 9.83. The van der Waals surface area contributed by atoms with E-state index < -0.39 is 0 Å². The lowest BCUT2D eigenvalue weighted by Crippen LogP contribution is -2.28. The molecular formula is C28H52O4. The number of esters is 2. The van der Waals surface area contributed by atoms with Gasteiger partial charge in [0.05, 0.1) is 25.0 Å². The maximum atomic E-state index is 12.3. The van der Waals surface area contributed by atoms with Crippen molar-refractivity contribution in [2.45, 2.75) is 142 Å². The van der Waals surface area contributed by atoms with Crippen LogP contribution < -0.4 is 0 Å². The third-order valence-electron chi connectivity index (χ3n) is 6.88. The van der Waals surface area contributed by atoms with Gasteiger partial charge in [-0.2, -0.15) is 0 Å². The summed E-state index contributed by atoms with van der Waals surface area (Å²) in [7, 11) is 0. The van der Waals surface area contributed by atoms with Crippen molar-refractivity contribution in [1.82, 2.24) is 0 Å². The first-order valence-electron chi connectivity index (χ1n) is 14.0. The van der Waals surface area contributed by atoms with Gasteiger partial charge in [0.1, 0.15) is 0 Å². The molecule has 1 rings (SSSR count). The summed E-state index contributed by atoms with van der Waals surface area (Å²) < 4.78 is 11.0. The maximum absolute atomic E-state index is 12.3. The zero-order valence-electron chi connectivity index (χ0n) is 21.3. The Bertz CT molecular complexity index is 412. The fraction of sp³-hybridized carbons (Fsp3) is 0.929. The van der Waals surface area contributed by atoms with E-state index in [2.05, 4.69) is 13.8 Å². The summed E-state index contributed by atoms with van der Waals surface area (Å²) in [6.45, 7) is 5.58. The monoisotopic (exact) mass is 452 g/mol. The van der Waals surface area contributed by atoms with Crippen LogP contribution >= 0.6 is 0 Å². The van der Waals surface area contributed by atoms with E-state index in [0.717, 1.165) is 51.4 Å². The molecule has 188 valence electrons. The van der Waals surface area contributed by atoms with E-state index in [1.807, 2.05) is 0 Å². The van der Waals surface area contributed by atoms with Crippen LogP contribution in [0.25, 0.3) is 0 Å². The van der Waals surface area contributed by atoms with E-state index in [1.165, 1.54) is 77.0 Å². The molecule has 1 aliphatic carbocycles. The minimum Gasteiger partial charge on any atom is -0.465 e. The molecule has 0 saturated heterocycles. The van der Waals surface area contributed by atoms with Gasteiger partial charge in [0.15, 0.2) is 0 Å². The Morgan fingerprint density at radius 3 is 1.09 bits per heavy atom. The van der Waals surface area contributed by atoms with Crippen molar-refractivity contribution >= 4 is 11.9 Å². The number of carbonyl (C=O) groups excluding carboxylic acids is 2. The largest absolute Gasteiger partial charge is 0.465 e. The Balaban J connectivity index is 1.98. The lowest BCUT2D eigenvalue weighted by molar-refractivity contribution is -0.155. The Morgan fingerprint density at radius 1 is 0.500 bits per heavy atom. The zero-order valence-corrected chi connectivity index (χ0v) is 21.3. The van der Waals surface area contributed by atoms with Gasteiger partial charge in [-0.1, -0.05) is 104 Å². The molecule has 0 bridgehead atoms. The highest BCUT2D eigenvalue weighted by Crippen LogP contribution is 2.30. The summed E-state index contributed by atoms with van der Waals surface area (Å²) in [5, 5.41) is 0. The van der Waals surface area contributed by atoms with Crippen LogP contribution in [0.5, 0.6) is 0 Å². The average Bonchev–Trinajstić information content (AvgIpc) is 2.81. The summed E-state index contributed by atoms with van der Waals surface area (Å²) >= 11 is 0. The molecule has 0 spiro atoms. The summed E-state index contributed by atoms with van der Waals surface area (Å²) in [6, 6.07) is 0. The Labute approximate surface area is 198 Å². The van der Waals surface area contributed by atoms with Crippen LogP contribution in [0, 0.1) is 11.8 Å². The predicted molar refractivity (Wildman–Crippen MR) is 133 cm³/mol. The zero-order chi connectivity index (χ0) is 23.3. The number of carbonyl (C=O) groups is 2. The smallest absolute Gasteiger partial charge is 0.308 e. The highest BCUT2D eigenvalue weighted by atomic mass is 16.5. The van der Waals surface area contributed by atoms with Crippen molar-refractivity contribution in [2.24, 2.45) is 11.8 Å². The van der Waals surface area contributed by atoms with Crippen molar-refractivity contribution in [3.63, 3.8) is 0 Å². The third-order valence-corrected chi connectivity index (χ3v) is 6.88. The molecule has 4 heteroatoms. The van der Waals surface area contributed by atoms with Gasteiger partial charge < -0.3 is 9.47 Å². The van der Waals surface area contributed by atoms with Gasteiger partial charge in [0.2, 0.25) is 0 Å². The first kappa shape index (κ1) is 29.0. The number of rotatable bonds is 20. The summed E-state index contributed by atoms with van der Waals surface area (Å²) in [4.78, 5) is 24.6. The molecular weight excluding hydrogens is 400 g/mol. The van der Waals surface area contributed by atoms with E-state index in [-0.39, 0.29) is 23.8 Å². The Morgan fingerprint density at radius 2 is 0.781 bits per heavy atom. The molecule has 0 aromatic carbocycles. The van der Waals surface area contributed by atoms with Crippen LogP contribution in [-0.4, -0.2) is 25.2 Å². The lowest BCUT2D eigenvalue weighted by atomic mass is 9.82.